The average molecular weight is 249 g/mol. The van der Waals surface area contributed by atoms with E-state index in [1.165, 1.54) is 0 Å². The van der Waals surface area contributed by atoms with Crippen LogP contribution < -0.4 is 5.73 Å². The van der Waals surface area contributed by atoms with Gasteiger partial charge in [0.1, 0.15) is 5.65 Å². The Morgan fingerprint density at radius 2 is 2.22 bits per heavy atom. The molecule has 0 radical (unpaired) electrons. The minimum absolute atomic E-state index is 0.528. The lowest BCUT2D eigenvalue weighted by molar-refractivity contribution is 0.0669. The highest BCUT2D eigenvalue weighted by Gasteiger charge is 2.07. The Bertz CT molecular complexity index is 496. The molecule has 5 heteroatoms. The van der Waals surface area contributed by atoms with Crippen molar-refractivity contribution in [2.45, 2.75) is 13.1 Å². The molecule has 0 fully saturated rings. The first-order chi connectivity index (χ1) is 8.86. The number of ether oxygens (including phenoxy) is 2. The summed E-state index contributed by atoms with van der Waals surface area (Å²) in [6.07, 6.45) is 3.85. The fourth-order valence-corrected chi connectivity index (χ4v) is 1.94. The third kappa shape index (κ3) is 2.87. The zero-order valence-electron chi connectivity index (χ0n) is 10.6. The monoisotopic (exact) mass is 249 g/mol. The minimum Gasteiger partial charge on any atom is -0.382 e. The van der Waals surface area contributed by atoms with E-state index < -0.39 is 0 Å². The van der Waals surface area contributed by atoms with Gasteiger partial charge in [0.2, 0.25) is 0 Å². The maximum atomic E-state index is 5.73. The molecule has 0 spiro atoms. The highest BCUT2D eigenvalue weighted by molar-refractivity contribution is 5.80. The summed E-state index contributed by atoms with van der Waals surface area (Å²) in [6.45, 7) is 3.19. The third-order valence-corrected chi connectivity index (χ3v) is 2.84. The van der Waals surface area contributed by atoms with Crippen LogP contribution in [-0.2, 0) is 22.6 Å². The fraction of sp³-hybridized carbons (Fsp3) is 0.462. The molecule has 0 amide bonds. The molecule has 2 aromatic heterocycles. The van der Waals surface area contributed by atoms with Crippen LogP contribution in [0.3, 0.4) is 0 Å². The van der Waals surface area contributed by atoms with Crippen LogP contribution in [0.1, 0.15) is 5.56 Å². The summed E-state index contributed by atoms with van der Waals surface area (Å²) >= 11 is 0. The van der Waals surface area contributed by atoms with E-state index in [9.17, 15) is 0 Å². The van der Waals surface area contributed by atoms with Crippen molar-refractivity contribution in [3.05, 3.63) is 30.1 Å². The van der Waals surface area contributed by atoms with E-state index in [1.54, 1.807) is 13.3 Å². The van der Waals surface area contributed by atoms with E-state index in [2.05, 4.69) is 15.7 Å². The van der Waals surface area contributed by atoms with Gasteiger partial charge in [-0.2, -0.15) is 0 Å². The van der Waals surface area contributed by atoms with Gasteiger partial charge in [-0.1, -0.05) is 0 Å². The minimum atomic E-state index is 0.528. The van der Waals surface area contributed by atoms with E-state index in [-0.39, 0.29) is 0 Å². The summed E-state index contributed by atoms with van der Waals surface area (Å²) in [4.78, 5) is 4.39. The van der Waals surface area contributed by atoms with Gasteiger partial charge in [-0.15, -0.1) is 0 Å². The van der Waals surface area contributed by atoms with Crippen molar-refractivity contribution in [1.82, 2.24) is 9.55 Å². The number of aromatic nitrogens is 2. The van der Waals surface area contributed by atoms with E-state index >= 15 is 0 Å². The Hall–Kier alpha value is -1.43. The predicted octanol–water partition coefficient (Wildman–Crippen LogP) is 1.16. The van der Waals surface area contributed by atoms with Gasteiger partial charge in [-0.05, 0) is 17.7 Å². The standard InChI is InChI=1S/C13H19N3O2/c1-17-7-8-18-6-5-16-10-11(9-14)12-3-2-4-15-13(12)16/h2-4,10H,5-9,14H2,1H3. The molecular formula is C13H19N3O2. The summed E-state index contributed by atoms with van der Waals surface area (Å²) in [5.41, 5.74) is 7.82. The quantitative estimate of drug-likeness (QED) is 0.748. The Kier molecular flexibility index (Phi) is 4.69. The zero-order valence-corrected chi connectivity index (χ0v) is 10.6. The van der Waals surface area contributed by atoms with E-state index in [1.807, 2.05) is 12.1 Å². The third-order valence-electron chi connectivity index (χ3n) is 2.84. The Morgan fingerprint density at radius 1 is 1.33 bits per heavy atom. The fourth-order valence-electron chi connectivity index (χ4n) is 1.94. The Balaban J connectivity index is 2.04. The number of pyridine rings is 1. The maximum absolute atomic E-state index is 5.73. The Morgan fingerprint density at radius 3 is 3.00 bits per heavy atom. The maximum Gasteiger partial charge on any atom is 0.140 e. The molecule has 18 heavy (non-hydrogen) atoms. The second-order valence-corrected chi connectivity index (χ2v) is 4.03. The highest BCUT2D eigenvalue weighted by atomic mass is 16.5. The molecule has 2 N–H and O–H groups in total. The zero-order chi connectivity index (χ0) is 12.8. The van der Waals surface area contributed by atoms with Crippen LogP contribution in [0.4, 0.5) is 0 Å². The number of rotatable bonds is 7. The second-order valence-electron chi connectivity index (χ2n) is 4.03. The largest absolute Gasteiger partial charge is 0.382 e. The average Bonchev–Trinajstić information content (AvgIpc) is 2.77. The van der Waals surface area contributed by atoms with Crippen LogP contribution in [-0.4, -0.2) is 36.5 Å². The number of fused-ring (bicyclic) bond motifs is 1. The van der Waals surface area contributed by atoms with Crippen LogP contribution in [0, 0.1) is 0 Å². The molecule has 0 aromatic carbocycles. The topological polar surface area (TPSA) is 62.3 Å². The normalized spacial score (nSPS) is 11.2. The van der Waals surface area contributed by atoms with Crippen LogP contribution in [0.5, 0.6) is 0 Å². The van der Waals surface area contributed by atoms with Crippen molar-refractivity contribution in [1.29, 1.82) is 0 Å². The molecular weight excluding hydrogens is 230 g/mol. The Labute approximate surface area is 107 Å². The molecule has 5 nitrogen and oxygen atoms in total. The van der Waals surface area contributed by atoms with Crippen LogP contribution in [0.15, 0.2) is 24.5 Å². The molecule has 2 rings (SSSR count). The van der Waals surface area contributed by atoms with Gasteiger partial charge in [0.25, 0.3) is 0 Å². The van der Waals surface area contributed by atoms with Crippen molar-refractivity contribution in [3.8, 4) is 0 Å². The number of nitrogens with two attached hydrogens (primary N) is 1. The number of methoxy groups -OCH3 is 1. The number of hydrogen-bond donors (Lipinski definition) is 1. The summed E-state index contributed by atoms with van der Waals surface area (Å²) in [6, 6.07) is 3.98. The van der Waals surface area contributed by atoms with Crippen LogP contribution in [0.25, 0.3) is 11.0 Å². The summed E-state index contributed by atoms with van der Waals surface area (Å²) in [7, 11) is 1.67. The van der Waals surface area contributed by atoms with Crippen molar-refractivity contribution >= 4 is 11.0 Å². The van der Waals surface area contributed by atoms with Crippen molar-refractivity contribution < 1.29 is 9.47 Å². The number of nitrogens with zero attached hydrogens (tertiary/aromatic N) is 2. The van der Waals surface area contributed by atoms with Crippen LogP contribution >= 0.6 is 0 Å². The van der Waals surface area contributed by atoms with E-state index in [0.29, 0.717) is 26.4 Å². The van der Waals surface area contributed by atoms with Gasteiger partial charge in [0, 0.05) is 38.0 Å². The van der Waals surface area contributed by atoms with E-state index in [4.69, 9.17) is 15.2 Å². The molecule has 0 unspecified atom stereocenters. The SMILES string of the molecule is COCCOCCn1cc(CN)c2cccnc21. The molecule has 0 bridgehead atoms. The molecule has 0 saturated carbocycles. The van der Waals surface area contributed by atoms with Gasteiger partial charge in [-0.3, -0.25) is 0 Å². The van der Waals surface area contributed by atoms with Gasteiger partial charge in [-0.25, -0.2) is 4.98 Å². The number of hydrogen-bond acceptors (Lipinski definition) is 4. The van der Waals surface area contributed by atoms with Crippen molar-refractivity contribution in [2.75, 3.05) is 26.9 Å². The molecule has 0 saturated heterocycles. The summed E-state index contributed by atoms with van der Waals surface area (Å²) < 4.78 is 12.5. The first kappa shape index (κ1) is 13.0. The molecule has 0 aliphatic rings. The molecule has 0 aliphatic heterocycles. The second kappa shape index (κ2) is 6.49. The lowest BCUT2D eigenvalue weighted by Crippen LogP contribution is -2.09. The highest BCUT2D eigenvalue weighted by Crippen LogP contribution is 2.18. The first-order valence-corrected chi connectivity index (χ1v) is 6.06. The molecule has 2 aromatic rings. The van der Waals surface area contributed by atoms with Crippen molar-refractivity contribution in [2.24, 2.45) is 5.73 Å². The van der Waals surface area contributed by atoms with Gasteiger partial charge in [0.15, 0.2) is 0 Å². The van der Waals surface area contributed by atoms with Gasteiger partial charge < -0.3 is 19.8 Å². The summed E-state index contributed by atoms with van der Waals surface area (Å²) in [5.74, 6) is 0. The molecule has 0 aliphatic carbocycles. The lowest BCUT2D eigenvalue weighted by Gasteiger charge is -2.05. The molecule has 2 heterocycles. The van der Waals surface area contributed by atoms with Crippen molar-refractivity contribution in [3.63, 3.8) is 0 Å². The van der Waals surface area contributed by atoms with Crippen LogP contribution in [0.2, 0.25) is 0 Å². The van der Waals surface area contributed by atoms with Gasteiger partial charge in [0.05, 0.1) is 19.8 Å². The lowest BCUT2D eigenvalue weighted by atomic mass is 10.2. The molecule has 0 atom stereocenters. The summed E-state index contributed by atoms with van der Waals surface area (Å²) in [5, 5.41) is 1.12. The first-order valence-electron chi connectivity index (χ1n) is 6.06. The predicted molar refractivity (Wildman–Crippen MR) is 70.3 cm³/mol. The smallest absolute Gasteiger partial charge is 0.140 e. The molecule has 98 valence electrons. The van der Waals surface area contributed by atoms with Gasteiger partial charge >= 0.3 is 0 Å². The van der Waals surface area contributed by atoms with E-state index in [0.717, 1.165) is 23.1 Å².